The zero-order valence-corrected chi connectivity index (χ0v) is 19.6. The van der Waals surface area contributed by atoms with Crippen LogP contribution >= 0.6 is 23.4 Å². The maximum absolute atomic E-state index is 13.1. The summed E-state index contributed by atoms with van der Waals surface area (Å²) in [6.07, 6.45) is 6.00. The van der Waals surface area contributed by atoms with Gasteiger partial charge in [-0.05, 0) is 49.6 Å². The Labute approximate surface area is 194 Å². The van der Waals surface area contributed by atoms with Crippen molar-refractivity contribution in [3.63, 3.8) is 0 Å². The first-order valence-corrected chi connectivity index (χ1v) is 12.4. The van der Waals surface area contributed by atoms with Crippen LogP contribution in [0.5, 0.6) is 0 Å². The number of hydrogen-bond donors (Lipinski definition) is 1. The van der Waals surface area contributed by atoms with E-state index in [1.54, 1.807) is 16.7 Å². The highest BCUT2D eigenvalue weighted by Crippen LogP contribution is 2.22. The summed E-state index contributed by atoms with van der Waals surface area (Å²) in [5.41, 5.74) is 1.03. The van der Waals surface area contributed by atoms with Crippen LogP contribution in [0.2, 0.25) is 5.02 Å². The van der Waals surface area contributed by atoms with Gasteiger partial charge in [0.2, 0.25) is 11.8 Å². The van der Waals surface area contributed by atoms with Crippen LogP contribution in [0.3, 0.4) is 0 Å². The predicted octanol–water partition coefficient (Wildman–Crippen LogP) is 5.69. The maximum atomic E-state index is 13.1. The van der Waals surface area contributed by atoms with Crippen molar-refractivity contribution in [3.05, 3.63) is 65.2 Å². The molecular formula is C25H31ClN2O2S. The van der Waals surface area contributed by atoms with Crippen molar-refractivity contribution in [1.82, 2.24) is 10.2 Å². The Morgan fingerprint density at radius 1 is 1.06 bits per heavy atom. The van der Waals surface area contributed by atoms with E-state index in [2.05, 4.69) is 5.32 Å². The molecule has 1 atom stereocenters. The van der Waals surface area contributed by atoms with Gasteiger partial charge in [-0.15, -0.1) is 11.8 Å². The van der Waals surface area contributed by atoms with Crippen LogP contribution in [0.4, 0.5) is 0 Å². The lowest BCUT2D eigenvalue weighted by atomic mass is 9.95. The largest absolute Gasteiger partial charge is 0.352 e. The average molecular weight is 459 g/mol. The lowest BCUT2D eigenvalue weighted by Crippen LogP contribution is -2.50. The Kier molecular flexibility index (Phi) is 9.29. The Hall–Kier alpha value is -1.98. The fourth-order valence-corrected chi connectivity index (χ4v) is 4.83. The first-order chi connectivity index (χ1) is 15.0. The third-order valence-corrected chi connectivity index (χ3v) is 6.98. The molecule has 0 spiro atoms. The zero-order valence-electron chi connectivity index (χ0n) is 18.1. The van der Waals surface area contributed by atoms with E-state index in [4.69, 9.17) is 11.6 Å². The van der Waals surface area contributed by atoms with Crippen LogP contribution in [0.1, 0.15) is 51.0 Å². The normalized spacial score (nSPS) is 15.3. The SMILES string of the molecule is C[C@H](C(=O)NC1CCCCC1)N(Cc1ccccc1)C(=O)CCSc1ccc(Cl)cc1. The summed E-state index contributed by atoms with van der Waals surface area (Å²) in [7, 11) is 0. The van der Waals surface area contributed by atoms with Crippen LogP contribution in [0, 0.1) is 0 Å². The molecule has 0 unspecified atom stereocenters. The molecular weight excluding hydrogens is 428 g/mol. The molecule has 1 fully saturated rings. The third kappa shape index (κ3) is 7.58. The molecule has 0 bridgehead atoms. The van der Waals surface area contributed by atoms with Gasteiger partial charge in [0.05, 0.1) is 0 Å². The molecule has 1 saturated carbocycles. The average Bonchev–Trinajstić information content (AvgIpc) is 2.79. The number of carbonyl (C=O) groups excluding carboxylic acids is 2. The van der Waals surface area contributed by atoms with Crippen LogP contribution < -0.4 is 5.32 Å². The van der Waals surface area contributed by atoms with E-state index in [0.717, 1.165) is 36.1 Å². The number of carbonyl (C=O) groups is 2. The molecule has 1 N–H and O–H groups in total. The van der Waals surface area contributed by atoms with Crippen molar-refractivity contribution >= 4 is 35.2 Å². The van der Waals surface area contributed by atoms with E-state index in [0.29, 0.717) is 23.7 Å². The molecule has 6 heteroatoms. The van der Waals surface area contributed by atoms with Gasteiger partial charge in [-0.1, -0.05) is 61.2 Å². The van der Waals surface area contributed by atoms with Gasteiger partial charge in [-0.3, -0.25) is 9.59 Å². The lowest BCUT2D eigenvalue weighted by molar-refractivity contribution is -0.140. The second-order valence-electron chi connectivity index (χ2n) is 8.08. The summed E-state index contributed by atoms with van der Waals surface area (Å²) < 4.78 is 0. The predicted molar refractivity (Wildman–Crippen MR) is 128 cm³/mol. The monoisotopic (exact) mass is 458 g/mol. The first kappa shape index (κ1) is 23.7. The topological polar surface area (TPSA) is 49.4 Å². The number of halogens is 1. The second kappa shape index (κ2) is 12.2. The number of hydrogen-bond acceptors (Lipinski definition) is 3. The first-order valence-electron chi connectivity index (χ1n) is 11.0. The van der Waals surface area contributed by atoms with Crippen molar-refractivity contribution < 1.29 is 9.59 Å². The summed E-state index contributed by atoms with van der Waals surface area (Å²) >= 11 is 7.56. The van der Waals surface area contributed by atoms with Crippen molar-refractivity contribution in [3.8, 4) is 0 Å². The van der Waals surface area contributed by atoms with Crippen molar-refractivity contribution in [2.45, 2.75) is 69.0 Å². The van der Waals surface area contributed by atoms with Crippen molar-refractivity contribution in [2.75, 3.05) is 5.75 Å². The molecule has 3 rings (SSSR count). The summed E-state index contributed by atoms with van der Waals surface area (Å²) in [6, 6.07) is 17.2. The number of nitrogens with one attached hydrogen (secondary N) is 1. The number of benzene rings is 2. The van der Waals surface area contributed by atoms with Crippen LogP contribution in [-0.2, 0) is 16.1 Å². The van der Waals surface area contributed by atoms with Gasteiger partial charge in [-0.25, -0.2) is 0 Å². The molecule has 166 valence electrons. The molecule has 0 radical (unpaired) electrons. The van der Waals surface area contributed by atoms with Crippen molar-refractivity contribution in [2.24, 2.45) is 0 Å². The molecule has 2 aromatic rings. The molecule has 1 aliphatic carbocycles. The van der Waals surface area contributed by atoms with E-state index in [1.165, 1.54) is 6.42 Å². The minimum absolute atomic E-state index is 0.00314. The van der Waals surface area contributed by atoms with E-state index >= 15 is 0 Å². The van der Waals surface area contributed by atoms with Gasteiger partial charge in [0.1, 0.15) is 6.04 Å². The third-order valence-electron chi connectivity index (χ3n) is 5.71. The van der Waals surface area contributed by atoms with Gasteiger partial charge in [0.15, 0.2) is 0 Å². The number of thioether (sulfide) groups is 1. The van der Waals surface area contributed by atoms with Crippen molar-refractivity contribution in [1.29, 1.82) is 0 Å². The summed E-state index contributed by atoms with van der Waals surface area (Å²) in [5.74, 6) is 0.598. The number of amides is 2. The quantitative estimate of drug-likeness (QED) is 0.491. The van der Waals surface area contributed by atoms with E-state index < -0.39 is 6.04 Å². The van der Waals surface area contributed by atoms with Gasteiger partial charge in [-0.2, -0.15) is 0 Å². The Bertz CT molecular complexity index is 838. The molecule has 0 aromatic heterocycles. The minimum atomic E-state index is -0.504. The molecule has 0 aliphatic heterocycles. The molecule has 0 saturated heterocycles. The summed E-state index contributed by atoms with van der Waals surface area (Å²) in [6.45, 7) is 2.27. The molecule has 31 heavy (non-hydrogen) atoms. The summed E-state index contributed by atoms with van der Waals surface area (Å²) in [5, 5.41) is 3.88. The standard InChI is InChI=1S/C25H31ClN2O2S/c1-19(25(30)27-22-10-6-3-7-11-22)28(18-20-8-4-2-5-9-20)24(29)16-17-31-23-14-12-21(26)13-15-23/h2,4-5,8-9,12-15,19,22H,3,6-7,10-11,16-18H2,1H3,(H,27,30)/t19-/m1/s1. The maximum Gasteiger partial charge on any atom is 0.242 e. The van der Waals surface area contributed by atoms with Crippen LogP contribution in [0.25, 0.3) is 0 Å². The van der Waals surface area contributed by atoms with Gasteiger partial charge in [0.25, 0.3) is 0 Å². The fourth-order valence-electron chi connectivity index (χ4n) is 3.86. The molecule has 2 aromatic carbocycles. The molecule has 4 nitrogen and oxygen atoms in total. The molecule has 0 heterocycles. The number of nitrogens with zero attached hydrogens (tertiary/aromatic N) is 1. The van der Waals surface area contributed by atoms with E-state index in [1.807, 2.05) is 61.5 Å². The Balaban J connectivity index is 1.61. The lowest BCUT2D eigenvalue weighted by Gasteiger charge is -2.31. The van der Waals surface area contributed by atoms with E-state index in [-0.39, 0.29) is 17.9 Å². The van der Waals surface area contributed by atoms with E-state index in [9.17, 15) is 9.59 Å². The minimum Gasteiger partial charge on any atom is -0.352 e. The highest BCUT2D eigenvalue weighted by molar-refractivity contribution is 7.99. The highest BCUT2D eigenvalue weighted by Gasteiger charge is 2.27. The smallest absolute Gasteiger partial charge is 0.242 e. The van der Waals surface area contributed by atoms with Crippen LogP contribution in [0.15, 0.2) is 59.5 Å². The Morgan fingerprint density at radius 3 is 2.42 bits per heavy atom. The molecule has 2 amide bonds. The Morgan fingerprint density at radius 2 is 1.74 bits per heavy atom. The summed E-state index contributed by atoms with van der Waals surface area (Å²) in [4.78, 5) is 28.9. The number of rotatable bonds is 9. The zero-order chi connectivity index (χ0) is 22.1. The van der Waals surface area contributed by atoms with Gasteiger partial charge in [0, 0.05) is 34.7 Å². The van der Waals surface area contributed by atoms with Gasteiger partial charge < -0.3 is 10.2 Å². The fraction of sp³-hybridized carbons (Fsp3) is 0.440. The second-order valence-corrected chi connectivity index (χ2v) is 9.68. The van der Waals surface area contributed by atoms with Crippen LogP contribution in [-0.4, -0.2) is 34.6 Å². The highest BCUT2D eigenvalue weighted by atomic mass is 35.5. The van der Waals surface area contributed by atoms with Gasteiger partial charge >= 0.3 is 0 Å². The molecule has 1 aliphatic rings.